The number of aromatic nitrogens is 1. The Balaban J connectivity index is 2.20. The lowest BCUT2D eigenvalue weighted by molar-refractivity contribution is 0.178. The maximum atomic E-state index is 13.2. The Bertz CT molecular complexity index is 504. The van der Waals surface area contributed by atoms with Crippen molar-refractivity contribution in [1.82, 2.24) is 4.98 Å². The first-order valence-electron chi connectivity index (χ1n) is 5.19. The highest BCUT2D eigenvalue weighted by Gasteiger charge is 2.14. The first kappa shape index (κ1) is 12.0. The van der Waals surface area contributed by atoms with Crippen molar-refractivity contribution in [1.29, 1.82) is 0 Å². The summed E-state index contributed by atoms with van der Waals surface area (Å²) in [6, 6.07) is 8.05. The zero-order chi connectivity index (χ0) is 12.3. The summed E-state index contributed by atoms with van der Waals surface area (Å²) < 4.78 is 13.2. The fourth-order valence-electron chi connectivity index (χ4n) is 1.63. The van der Waals surface area contributed by atoms with Crippen molar-refractivity contribution in [2.75, 3.05) is 0 Å². The van der Waals surface area contributed by atoms with E-state index in [4.69, 9.17) is 11.6 Å². The average molecular weight is 252 g/mol. The zero-order valence-corrected chi connectivity index (χ0v) is 9.73. The molecule has 17 heavy (non-hydrogen) atoms. The SMILES string of the molecule is OC(Cc1cccnc1)c1cccc(F)c1Cl. The minimum Gasteiger partial charge on any atom is -0.388 e. The van der Waals surface area contributed by atoms with Gasteiger partial charge in [-0.3, -0.25) is 4.98 Å². The number of hydrogen-bond donors (Lipinski definition) is 1. The van der Waals surface area contributed by atoms with Crippen LogP contribution in [-0.2, 0) is 6.42 Å². The summed E-state index contributed by atoms with van der Waals surface area (Å²) in [4.78, 5) is 3.95. The van der Waals surface area contributed by atoms with Crippen LogP contribution in [-0.4, -0.2) is 10.1 Å². The second-order valence-corrected chi connectivity index (χ2v) is 4.10. The molecule has 1 heterocycles. The third-order valence-corrected chi connectivity index (χ3v) is 2.89. The molecular formula is C13H11ClFNO. The van der Waals surface area contributed by atoms with Crippen LogP contribution in [0.1, 0.15) is 17.2 Å². The van der Waals surface area contributed by atoms with Gasteiger partial charge in [-0.25, -0.2) is 4.39 Å². The minimum atomic E-state index is -0.831. The van der Waals surface area contributed by atoms with Gasteiger partial charge < -0.3 is 5.11 Å². The molecule has 2 rings (SSSR count). The number of rotatable bonds is 3. The Labute approximate surface area is 104 Å². The second-order valence-electron chi connectivity index (χ2n) is 3.72. The van der Waals surface area contributed by atoms with Gasteiger partial charge in [0.1, 0.15) is 5.82 Å². The highest BCUT2D eigenvalue weighted by atomic mass is 35.5. The molecule has 1 aromatic carbocycles. The molecular weight excluding hydrogens is 241 g/mol. The molecule has 1 N–H and O–H groups in total. The molecule has 0 saturated heterocycles. The molecule has 4 heteroatoms. The molecule has 1 unspecified atom stereocenters. The van der Waals surface area contributed by atoms with E-state index < -0.39 is 11.9 Å². The minimum absolute atomic E-state index is 0.0242. The average Bonchev–Trinajstić information content (AvgIpc) is 2.34. The van der Waals surface area contributed by atoms with Crippen molar-refractivity contribution in [3.05, 3.63) is 64.7 Å². The van der Waals surface area contributed by atoms with E-state index in [2.05, 4.69) is 4.98 Å². The highest BCUT2D eigenvalue weighted by molar-refractivity contribution is 6.31. The van der Waals surface area contributed by atoms with E-state index >= 15 is 0 Å². The topological polar surface area (TPSA) is 33.1 Å². The quantitative estimate of drug-likeness (QED) is 0.909. The molecule has 0 aliphatic heterocycles. The molecule has 88 valence electrons. The van der Waals surface area contributed by atoms with Gasteiger partial charge >= 0.3 is 0 Å². The van der Waals surface area contributed by atoms with Crippen LogP contribution in [0.4, 0.5) is 4.39 Å². The summed E-state index contributed by atoms with van der Waals surface area (Å²) in [5, 5.41) is 9.98. The van der Waals surface area contributed by atoms with Crippen LogP contribution in [0.25, 0.3) is 0 Å². The lowest BCUT2D eigenvalue weighted by Gasteiger charge is -2.12. The van der Waals surface area contributed by atoms with Crippen LogP contribution in [0.15, 0.2) is 42.7 Å². The first-order chi connectivity index (χ1) is 8.18. The van der Waals surface area contributed by atoms with E-state index in [-0.39, 0.29) is 5.02 Å². The largest absolute Gasteiger partial charge is 0.388 e. The summed E-state index contributed by atoms with van der Waals surface area (Å²) in [6.07, 6.45) is 2.85. The molecule has 0 aliphatic rings. The molecule has 0 radical (unpaired) electrons. The molecule has 0 spiro atoms. The number of aliphatic hydroxyl groups excluding tert-OH is 1. The van der Waals surface area contributed by atoms with Gasteiger partial charge in [-0.1, -0.05) is 29.8 Å². The van der Waals surface area contributed by atoms with Gasteiger partial charge in [0.25, 0.3) is 0 Å². The molecule has 0 saturated carbocycles. The lowest BCUT2D eigenvalue weighted by Crippen LogP contribution is -2.03. The summed E-state index contributed by atoms with van der Waals surface area (Å²) >= 11 is 5.80. The maximum absolute atomic E-state index is 13.2. The first-order valence-corrected chi connectivity index (χ1v) is 5.57. The van der Waals surface area contributed by atoms with Crippen LogP contribution in [0, 0.1) is 5.82 Å². The number of aliphatic hydroxyl groups is 1. The van der Waals surface area contributed by atoms with Crippen LogP contribution < -0.4 is 0 Å². The number of hydrogen-bond acceptors (Lipinski definition) is 2. The van der Waals surface area contributed by atoms with E-state index in [1.807, 2.05) is 6.07 Å². The van der Waals surface area contributed by atoms with Gasteiger partial charge in [0, 0.05) is 24.4 Å². The van der Waals surface area contributed by atoms with Crippen LogP contribution >= 0.6 is 11.6 Å². The van der Waals surface area contributed by atoms with Gasteiger partial charge in [-0.15, -0.1) is 0 Å². The normalized spacial score (nSPS) is 12.4. The maximum Gasteiger partial charge on any atom is 0.142 e. The predicted molar refractivity (Wildman–Crippen MR) is 64.3 cm³/mol. The van der Waals surface area contributed by atoms with Crippen LogP contribution in [0.3, 0.4) is 0 Å². The molecule has 2 nitrogen and oxygen atoms in total. The molecule has 0 amide bonds. The van der Waals surface area contributed by atoms with Crippen molar-refractivity contribution in [2.45, 2.75) is 12.5 Å². The molecule has 0 bridgehead atoms. The Kier molecular flexibility index (Phi) is 3.71. The van der Waals surface area contributed by atoms with E-state index in [0.717, 1.165) is 5.56 Å². The van der Waals surface area contributed by atoms with Crippen molar-refractivity contribution in [3.63, 3.8) is 0 Å². The van der Waals surface area contributed by atoms with Crippen LogP contribution in [0.2, 0.25) is 5.02 Å². The fourth-order valence-corrected chi connectivity index (χ4v) is 1.88. The molecule has 0 fully saturated rings. The van der Waals surface area contributed by atoms with Gasteiger partial charge in [0.2, 0.25) is 0 Å². The molecule has 2 aromatic rings. The number of benzene rings is 1. The number of pyridine rings is 1. The van der Waals surface area contributed by atoms with E-state index in [1.165, 1.54) is 12.1 Å². The smallest absolute Gasteiger partial charge is 0.142 e. The van der Waals surface area contributed by atoms with E-state index in [9.17, 15) is 9.50 Å². The Hall–Kier alpha value is -1.45. The van der Waals surface area contributed by atoms with E-state index in [0.29, 0.717) is 12.0 Å². The third kappa shape index (κ3) is 2.81. The highest BCUT2D eigenvalue weighted by Crippen LogP contribution is 2.27. The van der Waals surface area contributed by atoms with Crippen molar-refractivity contribution in [3.8, 4) is 0 Å². The summed E-state index contributed by atoms with van der Waals surface area (Å²) in [6.45, 7) is 0. The number of halogens is 2. The molecule has 1 aromatic heterocycles. The Morgan fingerprint density at radius 2 is 2.12 bits per heavy atom. The van der Waals surface area contributed by atoms with Crippen molar-refractivity contribution in [2.24, 2.45) is 0 Å². The summed E-state index contributed by atoms with van der Waals surface area (Å²) in [5.41, 5.74) is 1.27. The molecule has 0 aliphatic carbocycles. The van der Waals surface area contributed by atoms with Gasteiger partial charge in [0.15, 0.2) is 0 Å². The predicted octanol–water partition coefficient (Wildman–Crippen LogP) is 3.15. The molecule has 1 atom stereocenters. The summed E-state index contributed by atoms with van der Waals surface area (Å²) in [5.74, 6) is -0.519. The van der Waals surface area contributed by atoms with Crippen molar-refractivity contribution < 1.29 is 9.50 Å². The van der Waals surface area contributed by atoms with Crippen LogP contribution in [0.5, 0.6) is 0 Å². The summed E-state index contributed by atoms with van der Waals surface area (Å²) in [7, 11) is 0. The van der Waals surface area contributed by atoms with Crippen molar-refractivity contribution >= 4 is 11.6 Å². The Morgan fingerprint density at radius 3 is 2.82 bits per heavy atom. The third-order valence-electron chi connectivity index (χ3n) is 2.49. The monoisotopic (exact) mass is 251 g/mol. The van der Waals surface area contributed by atoms with Gasteiger partial charge in [0.05, 0.1) is 11.1 Å². The van der Waals surface area contributed by atoms with Gasteiger partial charge in [-0.05, 0) is 17.7 Å². The number of nitrogens with zero attached hydrogens (tertiary/aromatic N) is 1. The lowest BCUT2D eigenvalue weighted by atomic mass is 10.0. The zero-order valence-electron chi connectivity index (χ0n) is 8.98. The standard InChI is InChI=1S/C13H11ClFNO/c14-13-10(4-1-5-11(13)15)12(17)7-9-3-2-6-16-8-9/h1-6,8,12,17H,7H2. The van der Waals surface area contributed by atoms with Gasteiger partial charge in [-0.2, -0.15) is 0 Å². The fraction of sp³-hybridized carbons (Fsp3) is 0.154. The second kappa shape index (κ2) is 5.25. The van der Waals surface area contributed by atoms with E-state index in [1.54, 1.807) is 24.5 Å². The Morgan fingerprint density at radius 1 is 1.29 bits per heavy atom.